The zero-order chi connectivity index (χ0) is 40.7. The molecule has 3 aliphatic rings. The first-order valence-corrected chi connectivity index (χ1v) is 19.9. The second-order valence-corrected chi connectivity index (χ2v) is 16.0. The number of hydrogen-bond acceptors (Lipinski definition) is 18. The first-order chi connectivity index (χ1) is 26.3. The van der Waals surface area contributed by atoms with Crippen molar-refractivity contribution >= 4 is 21.5 Å². The van der Waals surface area contributed by atoms with E-state index in [2.05, 4.69) is 15.0 Å². The van der Waals surface area contributed by atoms with Gasteiger partial charge in [-0.05, 0) is 19.9 Å². The lowest BCUT2D eigenvalue weighted by Gasteiger charge is -2.24. The average molecular weight is 836 g/mol. The van der Waals surface area contributed by atoms with Gasteiger partial charge >= 0.3 is 32.7 Å². The molecule has 0 aliphatic carbocycles. The summed E-state index contributed by atoms with van der Waals surface area (Å²) in [6.45, 7) is 0.572. The van der Waals surface area contributed by atoms with Crippen LogP contribution in [0.25, 0.3) is 0 Å². The molecule has 0 bridgehead atoms. The topological polar surface area (TPSA) is 350 Å². The van der Waals surface area contributed by atoms with E-state index in [0.717, 1.165) is 13.7 Å². The highest BCUT2D eigenvalue weighted by atomic mass is 31.2. The summed E-state index contributed by atoms with van der Waals surface area (Å²) in [5.74, 6) is -0.0371. The van der Waals surface area contributed by atoms with Gasteiger partial charge in [0.25, 0.3) is 11.1 Å². The molecule has 11 atom stereocenters. The van der Waals surface area contributed by atoms with Crippen molar-refractivity contribution in [1.82, 2.24) is 28.7 Å². The molecule has 8 N–H and O–H groups in total. The van der Waals surface area contributed by atoms with E-state index in [1.807, 2.05) is 0 Å². The Morgan fingerprint density at radius 2 is 1.25 bits per heavy atom. The predicted molar refractivity (Wildman–Crippen MR) is 185 cm³/mol. The number of nitrogen functional groups attached to an aromatic ring is 1. The zero-order valence-corrected chi connectivity index (χ0v) is 31.3. The lowest BCUT2D eigenvalue weighted by Crippen LogP contribution is -2.33. The molecule has 3 aliphatic heterocycles. The van der Waals surface area contributed by atoms with Crippen molar-refractivity contribution in [2.45, 2.75) is 88.4 Å². The Hall–Kier alpha value is -3.94. The first-order valence-electron chi connectivity index (χ1n) is 16.9. The molecule has 3 fully saturated rings. The molecule has 6 rings (SSSR count). The van der Waals surface area contributed by atoms with Crippen molar-refractivity contribution in [1.29, 1.82) is 0 Å². The molecule has 56 heavy (non-hydrogen) atoms. The summed E-state index contributed by atoms with van der Waals surface area (Å²) in [6.07, 6.45) is -8.41. The van der Waals surface area contributed by atoms with Crippen LogP contribution in [0.5, 0.6) is 0 Å². The number of aromatic nitrogens is 6. The van der Waals surface area contributed by atoms with E-state index in [0.29, 0.717) is 0 Å². The maximum atomic E-state index is 13.2. The minimum Gasteiger partial charge on any atom is -0.394 e. The second kappa shape index (κ2) is 16.5. The van der Waals surface area contributed by atoms with Crippen molar-refractivity contribution in [3.05, 3.63) is 87.9 Å². The number of nitrogens with two attached hydrogens (primary N) is 1. The highest BCUT2D eigenvalue weighted by molar-refractivity contribution is 7.47. The van der Waals surface area contributed by atoms with Gasteiger partial charge in [-0.2, -0.15) is 4.98 Å². The quantitative estimate of drug-likeness (QED) is 0.0844. The number of anilines is 1. The molecule has 0 aromatic carbocycles. The first kappa shape index (κ1) is 41.7. The van der Waals surface area contributed by atoms with Crippen molar-refractivity contribution in [2.75, 3.05) is 25.6 Å². The fourth-order valence-corrected chi connectivity index (χ4v) is 8.22. The van der Waals surface area contributed by atoms with Crippen LogP contribution in [-0.4, -0.2) is 105 Å². The Bertz CT molecular complexity index is 2330. The average Bonchev–Trinajstić information content (AvgIpc) is 3.82. The summed E-state index contributed by atoms with van der Waals surface area (Å²) in [5, 5.41) is 20.4. The third-order valence-electron chi connectivity index (χ3n) is 9.16. The Kier molecular flexibility index (Phi) is 12.3. The molecule has 0 spiro atoms. The molecule has 0 radical (unpaired) electrons. The summed E-state index contributed by atoms with van der Waals surface area (Å²) in [4.78, 5) is 90.3. The number of phosphoric ester groups is 2. The largest absolute Gasteiger partial charge is 0.472 e. The smallest absolute Gasteiger partial charge is 0.394 e. The fraction of sp³-hybridized carbons (Fsp3) is 0.586. The highest BCUT2D eigenvalue weighted by Crippen LogP contribution is 2.51. The maximum Gasteiger partial charge on any atom is 0.472 e. The Balaban J connectivity index is 1.13. The van der Waals surface area contributed by atoms with Gasteiger partial charge in [-0.25, -0.2) is 23.5 Å². The van der Waals surface area contributed by atoms with Crippen LogP contribution in [0.1, 0.15) is 49.1 Å². The SMILES string of the molecule is Cc1cn([C@H]2C[C@H](OP(=O)(O)OC[C@H]3O[C@@H](n4cc(C)c(=O)[nH]c4=O)C[C@@H]3OP(=O)(O)OC[C@H]3O[C@@H](n4ccc(N)nc4=O)C[C@@H]3O)[C@@H](CO)O2)c(=O)[nH]c1=O. The Labute approximate surface area is 313 Å². The van der Waals surface area contributed by atoms with E-state index in [9.17, 15) is 53.1 Å². The summed E-state index contributed by atoms with van der Waals surface area (Å²) in [5.41, 5.74) is 1.97. The van der Waals surface area contributed by atoms with Crippen LogP contribution in [0.4, 0.5) is 5.82 Å². The number of nitrogens with one attached hydrogen (secondary N) is 2. The normalized spacial score (nSPS) is 30.0. The molecule has 6 heterocycles. The van der Waals surface area contributed by atoms with Crippen LogP contribution in [0.15, 0.2) is 48.6 Å². The van der Waals surface area contributed by atoms with Gasteiger partial charge in [0.05, 0.1) is 25.9 Å². The number of aromatic amines is 2. The molecular formula is C29H39N7O18P2. The molecule has 3 saturated heterocycles. The van der Waals surface area contributed by atoms with Crippen molar-refractivity contribution in [2.24, 2.45) is 0 Å². The van der Waals surface area contributed by atoms with Crippen molar-refractivity contribution in [3.8, 4) is 0 Å². The zero-order valence-electron chi connectivity index (χ0n) is 29.5. The monoisotopic (exact) mass is 835 g/mol. The summed E-state index contributed by atoms with van der Waals surface area (Å²) in [6, 6.07) is 1.34. The van der Waals surface area contributed by atoms with E-state index in [4.69, 9.17) is 38.0 Å². The lowest BCUT2D eigenvalue weighted by atomic mass is 10.2. The molecular weight excluding hydrogens is 796 g/mol. The third kappa shape index (κ3) is 9.43. The van der Waals surface area contributed by atoms with Gasteiger partial charge in [0.1, 0.15) is 55.0 Å². The van der Waals surface area contributed by atoms with Crippen LogP contribution < -0.4 is 33.9 Å². The second-order valence-electron chi connectivity index (χ2n) is 13.2. The molecule has 0 saturated carbocycles. The summed E-state index contributed by atoms with van der Waals surface area (Å²) < 4.78 is 67.5. The number of phosphoric acid groups is 2. The van der Waals surface area contributed by atoms with Gasteiger partial charge < -0.3 is 39.9 Å². The Morgan fingerprint density at radius 3 is 1.77 bits per heavy atom. The van der Waals surface area contributed by atoms with E-state index >= 15 is 0 Å². The van der Waals surface area contributed by atoms with E-state index < -0.39 is 119 Å². The molecule has 3 aromatic heterocycles. The fourth-order valence-electron chi connectivity index (χ4n) is 6.30. The van der Waals surface area contributed by atoms with E-state index in [1.54, 1.807) is 0 Å². The molecule has 27 heteroatoms. The summed E-state index contributed by atoms with van der Waals surface area (Å²) >= 11 is 0. The third-order valence-corrected chi connectivity index (χ3v) is 11.2. The minimum atomic E-state index is -5.09. The standard InChI is InChI=1S/C29H39N7O18P2/c1-13-8-35(28(42)32-25(13)39)23-6-16(18(10-37)50-23)53-56(46,47)49-12-20-17(7-24(52-20)36-9-14(2)26(40)33-29(36)43)54-55(44,45)48-11-19-15(38)5-22(51-19)34-4-3-21(30)31-27(34)41/h3-4,8-9,15-20,22-24,37-38H,5-7,10-12H2,1-2H3,(H,44,45)(H,46,47)(H2,30,31,41)(H,32,39,42)(H,33,40,43)/t15-,16-,17-,18+,19+,20+,22+,23+,24+/m0/s1. The number of H-pyrrole nitrogens is 2. The maximum absolute atomic E-state index is 13.2. The van der Waals surface area contributed by atoms with Crippen LogP contribution in [0.3, 0.4) is 0 Å². The molecule has 308 valence electrons. The molecule has 0 amide bonds. The van der Waals surface area contributed by atoms with Crippen LogP contribution in [0.2, 0.25) is 0 Å². The number of aryl methyl sites for hydroxylation is 2. The van der Waals surface area contributed by atoms with Gasteiger partial charge in [0.15, 0.2) is 0 Å². The molecule has 25 nitrogen and oxygen atoms in total. The van der Waals surface area contributed by atoms with Crippen molar-refractivity contribution in [3.63, 3.8) is 0 Å². The van der Waals surface area contributed by atoms with Gasteiger partial charge in [0.2, 0.25) is 0 Å². The number of ether oxygens (including phenoxy) is 3. The minimum absolute atomic E-state index is 0.0371. The predicted octanol–water partition coefficient (Wildman–Crippen LogP) is -2.24. The van der Waals surface area contributed by atoms with Crippen LogP contribution in [0, 0.1) is 13.8 Å². The number of aliphatic hydroxyl groups is 2. The van der Waals surface area contributed by atoms with Gasteiger partial charge in [-0.3, -0.25) is 51.4 Å². The van der Waals surface area contributed by atoms with Crippen LogP contribution in [-0.2, 0) is 41.4 Å². The summed E-state index contributed by atoms with van der Waals surface area (Å²) in [7, 11) is -10.2. The van der Waals surface area contributed by atoms with E-state index in [1.165, 1.54) is 38.5 Å². The number of nitrogens with zero attached hydrogens (tertiary/aromatic N) is 4. The molecule has 3 aromatic rings. The number of hydrogen-bond donors (Lipinski definition) is 7. The van der Waals surface area contributed by atoms with Gasteiger partial charge in [-0.15, -0.1) is 0 Å². The number of rotatable bonds is 14. The van der Waals surface area contributed by atoms with Gasteiger partial charge in [-0.1, -0.05) is 0 Å². The molecule has 2 unspecified atom stereocenters. The lowest BCUT2D eigenvalue weighted by molar-refractivity contribution is -0.0619. The van der Waals surface area contributed by atoms with Crippen molar-refractivity contribution < 1.29 is 61.4 Å². The van der Waals surface area contributed by atoms with E-state index in [-0.39, 0.29) is 36.2 Å². The van der Waals surface area contributed by atoms with Gasteiger partial charge in [0, 0.05) is 49.0 Å². The Morgan fingerprint density at radius 1 is 0.786 bits per heavy atom. The number of aliphatic hydroxyl groups excluding tert-OH is 2. The highest BCUT2D eigenvalue weighted by Gasteiger charge is 2.46. The van der Waals surface area contributed by atoms with Crippen LogP contribution >= 0.6 is 15.6 Å².